The average molecular weight is 981 g/mol. The second-order valence-corrected chi connectivity index (χ2v) is 19.9. The number of anilines is 6. The van der Waals surface area contributed by atoms with Crippen LogP contribution < -0.4 is 14.5 Å². The van der Waals surface area contributed by atoms with E-state index in [0.29, 0.717) is 12.8 Å². The highest BCUT2D eigenvalue weighted by molar-refractivity contribution is 7.21. The van der Waals surface area contributed by atoms with Gasteiger partial charge in [0.1, 0.15) is 21.5 Å². The summed E-state index contributed by atoms with van der Waals surface area (Å²) in [6.45, 7) is 1.67. The Morgan fingerprint density at radius 3 is 1.04 bits per heavy atom. The van der Waals surface area contributed by atoms with E-state index < -0.39 is 0 Å². The molecule has 0 radical (unpaired) electrons. The van der Waals surface area contributed by atoms with Crippen molar-refractivity contribution in [2.24, 2.45) is 0 Å². The minimum atomic E-state index is 0.196. The highest BCUT2D eigenvalue weighted by Gasteiger charge is 2.30. The standard InChI is InChI=1S/C67H52N2O2S2/c1-47(70)33-34-48-35-37-51(38-36-48)62-60(49-21-9-3-10-22-49)64(53-25-13-5-14-26-53)72-66(62)68(55-29-17-7-18-30-55)57-41-43-58(44-42-57)69(56-31-19-8-20-32-56)67-63(52-39-45-59(71-2)46-40-52)61(50-23-11-4-12-24-50)65(73-67)54-27-15-6-16-28-54/h3-32,35-46H,33-34H2,1-2H3. The van der Waals surface area contributed by atoms with Gasteiger partial charge in [0, 0.05) is 61.2 Å². The molecule has 11 rings (SSSR count). The number of benzene rings is 9. The number of aryl methyl sites for hydroxylation is 1. The third-order valence-electron chi connectivity index (χ3n) is 13.2. The number of ether oxygens (including phenoxy) is 1. The molecule has 0 N–H and O–H groups in total. The van der Waals surface area contributed by atoms with Crippen LogP contribution >= 0.6 is 22.7 Å². The van der Waals surface area contributed by atoms with Crippen molar-refractivity contribution >= 4 is 61.2 Å². The minimum absolute atomic E-state index is 0.196. The highest BCUT2D eigenvalue weighted by atomic mass is 32.1. The summed E-state index contributed by atoms with van der Waals surface area (Å²) in [6.07, 6.45) is 1.23. The average Bonchev–Trinajstić information content (AvgIpc) is 4.05. The Bertz CT molecular complexity index is 3580. The van der Waals surface area contributed by atoms with Gasteiger partial charge in [-0.1, -0.05) is 194 Å². The number of ketones is 1. The van der Waals surface area contributed by atoms with E-state index in [-0.39, 0.29) is 5.78 Å². The van der Waals surface area contributed by atoms with E-state index in [1.807, 2.05) is 22.7 Å². The molecule has 354 valence electrons. The van der Waals surface area contributed by atoms with Gasteiger partial charge in [-0.05, 0) is 113 Å². The molecule has 2 heterocycles. The summed E-state index contributed by atoms with van der Waals surface area (Å²) in [6, 6.07) is 90.9. The molecule has 0 aliphatic rings. The molecular formula is C67H52N2O2S2. The first kappa shape index (κ1) is 46.8. The van der Waals surface area contributed by atoms with Gasteiger partial charge in [0.2, 0.25) is 0 Å². The maximum Gasteiger partial charge on any atom is 0.130 e. The third kappa shape index (κ3) is 9.79. The Morgan fingerprint density at radius 2 is 0.685 bits per heavy atom. The highest BCUT2D eigenvalue weighted by Crippen LogP contribution is 2.58. The number of carbonyl (C=O) groups is 1. The van der Waals surface area contributed by atoms with Gasteiger partial charge in [0.25, 0.3) is 0 Å². The fourth-order valence-corrected chi connectivity index (χ4v) is 12.4. The summed E-state index contributed by atoms with van der Waals surface area (Å²) in [5.41, 5.74) is 16.8. The molecule has 0 spiro atoms. The van der Waals surface area contributed by atoms with Crippen LogP contribution in [0.25, 0.3) is 65.4 Å². The van der Waals surface area contributed by atoms with Crippen molar-refractivity contribution in [3.63, 3.8) is 0 Å². The number of Topliss-reactive ketones (excluding diaryl/α,β-unsaturated/α-hetero) is 1. The first-order valence-corrected chi connectivity index (χ1v) is 26.2. The maximum atomic E-state index is 12.0. The Hall–Kier alpha value is -8.55. The zero-order chi connectivity index (χ0) is 49.5. The van der Waals surface area contributed by atoms with Crippen LogP contribution in [0.3, 0.4) is 0 Å². The molecule has 4 nitrogen and oxygen atoms in total. The van der Waals surface area contributed by atoms with Crippen LogP contribution in [0.4, 0.5) is 32.8 Å². The van der Waals surface area contributed by atoms with Crippen LogP contribution in [0, 0.1) is 0 Å². The Morgan fingerprint density at radius 1 is 0.370 bits per heavy atom. The van der Waals surface area contributed by atoms with E-state index in [2.05, 4.69) is 265 Å². The molecule has 9 aromatic carbocycles. The van der Waals surface area contributed by atoms with Crippen LogP contribution in [0.1, 0.15) is 18.9 Å². The predicted molar refractivity (Wildman–Crippen MR) is 310 cm³/mol. The molecule has 0 aliphatic heterocycles. The van der Waals surface area contributed by atoms with E-state index in [1.165, 1.54) is 20.9 Å². The van der Waals surface area contributed by atoms with Gasteiger partial charge < -0.3 is 19.3 Å². The van der Waals surface area contributed by atoms with Crippen LogP contribution in [-0.4, -0.2) is 12.9 Å². The SMILES string of the molecule is COc1ccc(-c2c(N(c3ccccc3)c3ccc(N(c4ccccc4)c4sc(-c5ccccc5)c(-c5ccccc5)c4-c4ccc(CCC(C)=O)cc4)cc3)sc(-c3ccccc3)c2-c2ccccc2)cc1. The van der Waals surface area contributed by atoms with E-state index in [1.54, 1.807) is 14.0 Å². The number of methoxy groups -OCH3 is 1. The van der Waals surface area contributed by atoms with E-state index in [4.69, 9.17) is 4.74 Å². The van der Waals surface area contributed by atoms with Gasteiger partial charge in [-0.15, -0.1) is 22.7 Å². The first-order chi connectivity index (χ1) is 36.0. The molecule has 0 saturated carbocycles. The smallest absolute Gasteiger partial charge is 0.130 e. The summed E-state index contributed by atoms with van der Waals surface area (Å²) >= 11 is 3.63. The van der Waals surface area contributed by atoms with Crippen LogP contribution in [0.15, 0.2) is 255 Å². The number of carbonyl (C=O) groups excluding carboxylic acids is 1. The second kappa shape index (κ2) is 21.4. The van der Waals surface area contributed by atoms with Crippen molar-refractivity contribution in [2.45, 2.75) is 19.8 Å². The summed E-state index contributed by atoms with van der Waals surface area (Å²) in [7, 11) is 1.72. The fourth-order valence-electron chi connectivity index (χ4n) is 9.62. The number of hydrogen-bond donors (Lipinski definition) is 0. The number of rotatable bonds is 16. The van der Waals surface area contributed by atoms with Gasteiger partial charge in [-0.25, -0.2) is 0 Å². The molecule has 0 fully saturated rings. The van der Waals surface area contributed by atoms with Crippen LogP contribution in [-0.2, 0) is 11.2 Å². The lowest BCUT2D eigenvalue weighted by Gasteiger charge is -2.28. The topological polar surface area (TPSA) is 32.8 Å². The van der Waals surface area contributed by atoms with E-state index in [0.717, 1.165) is 88.6 Å². The molecule has 2 aromatic heterocycles. The lowest BCUT2D eigenvalue weighted by molar-refractivity contribution is -0.116. The molecule has 0 amide bonds. The Balaban J connectivity index is 1.13. The fraction of sp³-hybridized carbons (Fsp3) is 0.0597. The van der Waals surface area contributed by atoms with Crippen molar-refractivity contribution in [1.29, 1.82) is 0 Å². The molecule has 0 bridgehead atoms. The Kier molecular flexibility index (Phi) is 13.7. The quantitative estimate of drug-likeness (QED) is 0.0966. The van der Waals surface area contributed by atoms with Crippen LogP contribution in [0.2, 0.25) is 0 Å². The largest absolute Gasteiger partial charge is 0.497 e. The summed E-state index contributed by atoms with van der Waals surface area (Å²) < 4.78 is 5.69. The van der Waals surface area contributed by atoms with Crippen molar-refractivity contribution < 1.29 is 9.53 Å². The number of para-hydroxylation sites is 2. The van der Waals surface area contributed by atoms with Crippen molar-refractivity contribution in [3.8, 4) is 71.1 Å². The lowest BCUT2D eigenvalue weighted by atomic mass is 9.93. The maximum absolute atomic E-state index is 12.0. The van der Waals surface area contributed by atoms with Gasteiger partial charge in [0.05, 0.1) is 7.11 Å². The first-order valence-electron chi connectivity index (χ1n) is 24.6. The number of hydrogen-bond acceptors (Lipinski definition) is 6. The normalized spacial score (nSPS) is 11.0. The summed E-state index contributed by atoms with van der Waals surface area (Å²) in [5, 5.41) is 2.21. The van der Waals surface area contributed by atoms with Crippen molar-refractivity contribution in [1.82, 2.24) is 0 Å². The van der Waals surface area contributed by atoms with Gasteiger partial charge in [-0.3, -0.25) is 0 Å². The minimum Gasteiger partial charge on any atom is -0.497 e. The molecule has 11 aromatic rings. The Labute approximate surface area is 436 Å². The summed E-state index contributed by atoms with van der Waals surface area (Å²) in [4.78, 5) is 19.3. The molecule has 6 heteroatoms. The molecule has 73 heavy (non-hydrogen) atoms. The molecule has 0 atom stereocenters. The van der Waals surface area contributed by atoms with Crippen molar-refractivity contribution in [3.05, 3.63) is 260 Å². The van der Waals surface area contributed by atoms with E-state index >= 15 is 0 Å². The monoisotopic (exact) mass is 980 g/mol. The molecule has 0 unspecified atom stereocenters. The molecular weight excluding hydrogens is 929 g/mol. The number of nitrogens with zero attached hydrogens (tertiary/aromatic N) is 2. The molecule has 0 saturated heterocycles. The zero-order valence-electron chi connectivity index (χ0n) is 40.7. The van der Waals surface area contributed by atoms with Gasteiger partial charge >= 0.3 is 0 Å². The van der Waals surface area contributed by atoms with Crippen molar-refractivity contribution in [2.75, 3.05) is 16.9 Å². The zero-order valence-corrected chi connectivity index (χ0v) is 42.3. The van der Waals surface area contributed by atoms with Crippen LogP contribution in [0.5, 0.6) is 5.75 Å². The van der Waals surface area contributed by atoms with E-state index in [9.17, 15) is 4.79 Å². The predicted octanol–water partition coefficient (Wildman–Crippen LogP) is 19.3. The molecule has 0 aliphatic carbocycles. The third-order valence-corrected chi connectivity index (χ3v) is 15.6. The summed E-state index contributed by atoms with van der Waals surface area (Å²) in [5.74, 6) is 1.01. The van der Waals surface area contributed by atoms with Gasteiger partial charge in [0.15, 0.2) is 0 Å². The second-order valence-electron chi connectivity index (χ2n) is 17.9. The number of thiophene rings is 2. The van der Waals surface area contributed by atoms with Gasteiger partial charge in [-0.2, -0.15) is 0 Å². The lowest BCUT2D eigenvalue weighted by Crippen LogP contribution is -2.12.